The SMILES string of the molecule is CC1(C)OC(=N[C@@H](CCO)c2ccccc2F)NS(=O)(=O)[C@@H]1c1ccc(-c2ccc(C(N)=O)cc2)cc1. The van der Waals surface area contributed by atoms with Crippen molar-refractivity contribution in [1.29, 1.82) is 0 Å². The maximum absolute atomic E-state index is 14.4. The van der Waals surface area contributed by atoms with E-state index in [1.54, 1.807) is 68.4 Å². The number of amidine groups is 1. The van der Waals surface area contributed by atoms with E-state index in [1.807, 2.05) is 0 Å². The van der Waals surface area contributed by atoms with Gasteiger partial charge >= 0.3 is 0 Å². The molecule has 1 saturated heterocycles. The van der Waals surface area contributed by atoms with Gasteiger partial charge in [-0.3, -0.25) is 4.79 Å². The number of halogens is 1. The molecular weight excluding hydrogens is 497 g/mol. The molecule has 10 heteroatoms. The Kier molecular flexibility index (Phi) is 7.33. The fraction of sp³-hybridized carbons (Fsp3) is 0.259. The number of aliphatic hydroxyl groups is 1. The van der Waals surface area contributed by atoms with Crippen molar-refractivity contribution in [2.75, 3.05) is 6.61 Å². The third kappa shape index (κ3) is 5.65. The molecule has 3 aromatic rings. The third-order valence-corrected chi connectivity index (χ3v) is 8.11. The van der Waals surface area contributed by atoms with Gasteiger partial charge in [0.15, 0.2) is 0 Å². The molecule has 1 amide bonds. The number of nitrogens with two attached hydrogens (primary N) is 1. The highest BCUT2D eigenvalue weighted by Crippen LogP contribution is 2.39. The Labute approximate surface area is 215 Å². The molecule has 3 aromatic carbocycles. The molecule has 0 aromatic heterocycles. The van der Waals surface area contributed by atoms with Crippen LogP contribution in [0.15, 0.2) is 77.8 Å². The molecule has 4 rings (SSSR count). The summed E-state index contributed by atoms with van der Waals surface area (Å²) in [6, 6.07) is 18.7. The second-order valence-electron chi connectivity index (χ2n) is 9.28. The number of hydrogen-bond donors (Lipinski definition) is 3. The monoisotopic (exact) mass is 525 g/mol. The lowest BCUT2D eigenvalue weighted by Gasteiger charge is -2.39. The minimum Gasteiger partial charge on any atom is -0.457 e. The van der Waals surface area contributed by atoms with Gasteiger partial charge in [0.1, 0.15) is 16.7 Å². The van der Waals surface area contributed by atoms with E-state index in [0.717, 1.165) is 11.1 Å². The van der Waals surface area contributed by atoms with Crippen molar-refractivity contribution >= 4 is 22.0 Å². The smallest absolute Gasteiger partial charge is 0.299 e. The predicted molar refractivity (Wildman–Crippen MR) is 139 cm³/mol. The molecule has 0 saturated carbocycles. The molecule has 0 aliphatic carbocycles. The van der Waals surface area contributed by atoms with Crippen LogP contribution in [0.5, 0.6) is 0 Å². The molecule has 0 radical (unpaired) electrons. The number of carbonyl (C=O) groups is 1. The number of sulfonamides is 1. The van der Waals surface area contributed by atoms with Crippen LogP contribution in [0, 0.1) is 5.82 Å². The lowest BCUT2D eigenvalue weighted by molar-refractivity contribution is 0.0758. The molecule has 8 nitrogen and oxygen atoms in total. The van der Waals surface area contributed by atoms with Crippen molar-refractivity contribution in [1.82, 2.24) is 4.72 Å². The molecule has 194 valence electrons. The summed E-state index contributed by atoms with van der Waals surface area (Å²) in [6.45, 7) is 3.02. The van der Waals surface area contributed by atoms with Crippen LogP contribution in [0.2, 0.25) is 0 Å². The molecule has 1 heterocycles. The average molecular weight is 526 g/mol. The van der Waals surface area contributed by atoms with E-state index in [4.69, 9.17) is 10.5 Å². The predicted octanol–water partition coefficient (Wildman–Crippen LogP) is 3.84. The van der Waals surface area contributed by atoms with Crippen molar-refractivity contribution in [3.8, 4) is 11.1 Å². The van der Waals surface area contributed by atoms with E-state index >= 15 is 0 Å². The minimum atomic E-state index is -3.99. The van der Waals surface area contributed by atoms with E-state index in [0.29, 0.717) is 11.1 Å². The number of aliphatic imine (C=N–C) groups is 1. The standard InChI is InChI=1S/C27H28FN3O5S/c1-27(2)24(19-11-7-17(8-12-19)18-9-13-20(14-10-18)25(29)33)37(34,35)31-26(36-27)30-23(15-16-32)21-5-3-4-6-22(21)28/h3-14,23-24,32H,15-16H2,1-2H3,(H2,29,33)(H,30,31)/t23-,24+/m0/s1. The molecule has 37 heavy (non-hydrogen) atoms. The zero-order chi connectivity index (χ0) is 26.8. The minimum absolute atomic E-state index is 0.0846. The first-order valence-electron chi connectivity index (χ1n) is 11.7. The lowest BCUT2D eigenvalue weighted by atomic mass is 9.95. The molecule has 0 spiro atoms. The Balaban J connectivity index is 1.61. The van der Waals surface area contributed by atoms with Gasteiger partial charge in [0.2, 0.25) is 15.9 Å². The van der Waals surface area contributed by atoms with Crippen LogP contribution in [-0.4, -0.2) is 37.7 Å². The van der Waals surface area contributed by atoms with Gasteiger partial charge in [-0.15, -0.1) is 0 Å². The number of aliphatic hydroxyl groups excluding tert-OH is 1. The number of nitrogens with zero attached hydrogens (tertiary/aromatic N) is 1. The van der Waals surface area contributed by atoms with Gasteiger partial charge in [-0.2, -0.15) is 0 Å². The molecule has 0 bridgehead atoms. The van der Waals surface area contributed by atoms with Crippen LogP contribution >= 0.6 is 0 Å². The van der Waals surface area contributed by atoms with E-state index in [2.05, 4.69) is 9.71 Å². The number of primary amides is 1. The van der Waals surface area contributed by atoms with Crippen LogP contribution in [0.25, 0.3) is 11.1 Å². The van der Waals surface area contributed by atoms with Gasteiger partial charge in [-0.25, -0.2) is 22.5 Å². The number of nitrogens with one attached hydrogen (secondary N) is 1. The van der Waals surface area contributed by atoms with Gasteiger partial charge in [0, 0.05) is 17.7 Å². The van der Waals surface area contributed by atoms with E-state index < -0.39 is 38.6 Å². The molecule has 1 aliphatic heterocycles. The van der Waals surface area contributed by atoms with E-state index in [-0.39, 0.29) is 24.6 Å². The van der Waals surface area contributed by atoms with Gasteiger partial charge in [0.25, 0.3) is 6.02 Å². The zero-order valence-corrected chi connectivity index (χ0v) is 21.2. The number of hydrogen-bond acceptors (Lipinski definition) is 6. The zero-order valence-electron chi connectivity index (χ0n) is 20.4. The van der Waals surface area contributed by atoms with Gasteiger partial charge in [0.05, 0.1) is 6.04 Å². The number of rotatable bonds is 7. The molecule has 4 N–H and O–H groups in total. The molecule has 1 fully saturated rings. The van der Waals surface area contributed by atoms with Crippen molar-refractivity contribution in [3.05, 3.63) is 95.3 Å². The van der Waals surface area contributed by atoms with Gasteiger partial charge in [-0.1, -0.05) is 54.6 Å². The van der Waals surface area contributed by atoms with Crippen LogP contribution in [0.1, 0.15) is 53.0 Å². The maximum Gasteiger partial charge on any atom is 0.299 e. The highest BCUT2D eigenvalue weighted by atomic mass is 32.2. The Hall–Kier alpha value is -3.76. The Morgan fingerprint density at radius 1 is 1.08 bits per heavy atom. The van der Waals surface area contributed by atoms with Crippen molar-refractivity contribution in [3.63, 3.8) is 0 Å². The normalized spacial score (nSPS) is 20.0. The molecule has 0 unspecified atom stereocenters. The van der Waals surface area contributed by atoms with E-state index in [9.17, 15) is 22.7 Å². The van der Waals surface area contributed by atoms with Crippen LogP contribution in [0.4, 0.5) is 4.39 Å². The summed E-state index contributed by atoms with van der Waals surface area (Å²) in [4.78, 5) is 15.6. The maximum atomic E-state index is 14.4. The summed E-state index contributed by atoms with van der Waals surface area (Å²) < 4.78 is 49.5. The number of benzene rings is 3. The second-order valence-corrected chi connectivity index (χ2v) is 11.0. The summed E-state index contributed by atoms with van der Waals surface area (Å²) >= 11 is 0. The Morgan fingerprint density at radius 3 is 2.22 bits per heavy atom. The number of ether oxygens (including phenoxy) is 1. The number of carbonyl (C=O) groups excluding carboxylic acids is 1. The largest absolute Gasteiger partial charge is 0.457 e. The first kappa shape index (κ1) is 26.3. The quantitative estimate of drug-likeness (QED) is 0.431. The van der Waals surface area contributed by atoms with Gasteiger partial charge < -0.3 is 15.6 Å². The molecule has 2 atom stereocenters. The summed E-state index contributed by atoms with van der Waals surface area (Å²) in [5.74, 6) is -1.02. The Bertz CT molecular complexity index is 1420. The second kappa shape index (κ2) is 10.3. The average Bonchev–Trinajstić information content (AvgIpc) is 2.83. The number of amides is 1. The first-order valence-corrected chi connectivity index (χ1v) is 13.2. The summed E-state index contributed by atoms with van der Waals surface area (Å²) in [7, 11) is -3.99. The summed E-state index contributed by atoms with van der Waals surface area (Å²) in [6.07, 6.45) is 0.0846. The highest BCUT2D eigenvalue weighted by Gasteiger charge is 2.48. The van der Waals surface area contributed by atoms with Crippen LogP contribution in [-0.2, 0) is 14.8 Å². The fourth-order valence-electron chi connectivity index (χ4n) is 4.49. The summed E-state index contributed by atoms with van der Waals surface area (Å²) in [5, 5.41) is 8.41. The summed E-state index contributed by atoms with van der Waals surface area (Å²) in [5.41, 5.74) is 6.88. The highest BCUT2D eigenvalue weighted by molar-refractivity contribution is 7.90. The van der Waals surface area contributed by atoms with Crippen molar-refractivity contribution in [2.24, 2.45) is 10.7 Å². The van der Waals surface area contributed by atoms with Gasteiger partial charge in [-0.05, 0) is 55.2 Å². The van der Waals surface area contributed by atoms with Crippen molar-refractivity contribution < 1.29 is 27.4 Å². The lowest BCUT2D eigenvalue weighted by Crippen LogP contribution is -2.53. The van der Waals surface area contributed by atoms with Crippen molar-refractivity contribution in [2.45, 2.75) is 37.2 Å². The van der Waals surface area contributed by atoms with Crippen LogP contribution in [0.3, 0.4) is 0 Å². The van der Waals surface area contributed by atoms with Crippen LogP contribution < -0.4 is 10.5 Å². The molecular formula is C27H28FN3O5S. The third-order valence-electron chi connectivity index (χ3n) is 6.19. The van der Waals surface area contributed by atoms with E-state index in [1.165, 1.54) is 18.2 Å². The fourth-order valence-corrected chi connectivity index (χ4v) is 6.25. The Morgan fingerprint density at radius 2 is 1.68 bits per heavy atom. The first-order chi connectivity index (χ1) is 17.5. The molecule has 1 aliphatic rings. The topological polar surface area (TPSA) is 131 Å².